The number of allylic oxidation sites excluding steroid dienone is 1. The standard InChI is InChI=1S/C59H37F2N5/c60-43-29-41(30-44(61)34-43)49-35-57(66-53-22-10-8-18-48(53)51-32-40(24-26-55(51)66)46-20-12-28-64-59(46)38-15-5-2-6-16-38)56(33-42(49)36-62)65-52-21-9-7-17-47(52)50-31-39(23-25-54(50)65)45-19-11-27-63-58(45)37-13-3-1-4-14-37/h1-22,24,26-35H,23,25H2. The number of hydrogen-bond donors (Lipinski definition) is 0. The Balaban J connectivity index is 1.13. The van der Waals surface area contributed by atoms with Gasteiger partial charge in [0.05, 0.1) is 50.9 Å². The van der Waals surface area contributed by atoms with Gasteiger partial charge in [0.1, 0.15) is 11.6 Å². The molecule has 0 saturated carbocycles. The maximum absolute atomic E-state index is 15.0. The Morgan fingerprint density at radius 2 is 1.05 bits per heavy atom. The van der Waals surface area contributed by atoms with Crippen LogP contribution >= 0.6 is 0 Å². The predicted octanol–water partition coefficient (Wildman–Crippen LogP) is 14.8. The molecule has 66 heavy (non-hydrogen) atoms. The van der Waals surface area contributed by atoms with Crippen molar-refractivity contribution in [2.45, 2.75) is 12.8 Å². The van der Waals surface area contributed by atoms with Crippen LogP contribution < -0.4 is 0 Å². The van der Waals surface area contributed by atoms with E-state index >= 15 is 8.78 Å². The van der Waals surface area contributed by atoms with Gasteiger partial charge in [0.2, 0.25) is 0 Å². The molecular formula is C59H37F2N5. The molecule has 0 atom stereocenters. The maximum atomic E-state index is 15.0. The third kappa shape index (κ3) is 6.42. The number of nitriles is 1. The zero-order valence-electron chi connectivity index (χ0n) is 35.5. The van der Waals surface area contributed by atoms with Gasteiger partial charge in [-0.15, -0.1) is 0 Å². The van der Waals surface area contributed by atoms with Crippen LogP contribution in [0.1, 0.15) is 28.8 Å². The Hall–Kier alpha value is -8.73. The lowest BCUT2D eigenvalue weighted by Gasteiger charge is -2.22. The number of nitrogens with zero attached hydrogens (tertiary/aromatic N) is 5. The fourth-order valence-electron chi connectivity index (χ4n) is 10.0. The second kappa shape index (κ2) is 15.8. The van der Waals surface area contributed by atoms with Crippen LogP contribution in [0.25, 0.3) is 101 Å². The minimum absolute atomic E-state index is 0.280. The molecule has 0 N–H and O–H groups in total. The molecule has 7 aromatic carbocycles. The zero-order valence-corrected chi connectivity index (χ0v) is 35.5. The van der Waals surface area contributed by atoms with E-state index in [2.05, 4.69) is 106 Å². The van der Waals surface area contributed by atoms with Crippen molar-refractivity contribution in [2.24, 2.45) is 0 Å². The normalized spacial score (nSPS) is 12.3. The van der Waals surface area contributed by atoms with E-state index in [0.29, 0.717) is 17.5 Å². The SMILES string of the molecule is N#Cc1cc(-n2c3c(c4ccccc42)C=C(c2cccnc2-c2ccccc2)CC3)c(-n2c3ccccc3c3cc(-c4cccnc4-c4ccccc4)ccc32)cc1-c1cc(F)cc(F)c1. The van der Waals surface area contributed by atoms with E-state index < -0.39 is 11.6 Å². The molecule has 0 saturated heterocycles. The Morgan fingerprint density at radius 1 is 0.455 bits per heavy atom. The van der Waals surface area contributed by atoms with E-state index in [9.17, 15) is 5.26 Å². The summed E-state index contributed by atoms with van der Waals surface area (Å²) >= 11 is 0. The summed E-state index contributed by atoms with van der Waals surface area (Å²) in [6.45, 7) is 0. The Morgan fingerprint density at radius 3 is 1.74 bits per heavy atom. The molecule has 12 rings (SSSR count). The minimum Gasteiger partial charge on any atom is -0.311 e. The average molecular weight is 854 g/mol. The van der Waals surface area contributed by atoms with Crippen molar-refractivity contribution in [1.29, 1.82) is 5.26 Å². The second-order valence-corrected chi connectivity index (χ2v) is 16.7. The van der Waals surface area contributed by atoms with Gasteiger partial charge in [-0.1, -0.05) is 115 Å². The van der Waals surface area contributed by atoms with Crippen LogP contribution in [0, 0.1) is 23.0 Å². The van der Waals surface area contributed by atoms with Crippen LogP contribution in [0.15, 0.2) is 194 Å². The van der Waals surface area contributed by atoms with Crippen molar-refractivity contribution in [3.8, 4) is 62.2 Å². The highest BCUT2D eigenvalue weighted by Gasteiger charge is 2.27. The van der Waals surface area contributed by atoms with Crippen molar-refractivity contribution < 1.29 is 8.78 Å². The summed E-state index contributed by atoms with van der Waals surface area (Å²) in [5.74, 6) is -1.43. The van der Waals surface area contributed by atoms with Crippen LogP contribution in [0.5, 0.6) is 0 Å². The number of hydrogen-bond acceptors (Lipinski definition) is 3. The summed E-state index contributed by atoms with van der Waals surface area (Å²) in [6, 6.07) is 61.6. The highest BCUT2D eigenvalue weighted by atomic mass is 19.1. The lowest BCUT2D eigenvalue weighted by atomic mass is 9.89. The van der Waals surface area contributed by atoms with Crippen molar-refractivity contribution in [2.75, 3.05) is 0 Å². The largest absolute Gasteiger partial charge is 0.311 e. The topological polar surface area (TPSA) is 59.4 Å². The number of pyridine rings is 2. The summed E-state index contributed by atoms with van der Waals surface area (Å²) < 4.78 is 34.6. The molecule has 5 nitrogen and oxygen atoms in total. The van der Waals surface area contributed by atoms with Gasteiger partial charge in [0, 0.05) is 73.7 Å². The van der Waals surface area contributed by atoms with E-state index in [0.717, 1.165) is 107 Å². The molecule has 1 aliphatic carbocycles. The first kappa shape index (κ1) is 38.9. The summed E-state index contributed by atoms with van der Waals surface area (Å²) in [5, 5.41) is 14.0. The molecule has 0 radical (unpaired) electrons. The molecule has 11 aromatic rings. The van der Waals surface area contributed by atoms with E-state index in [1.165, 1.54) is 17.7 Å². The van der Waals surface area contributed by atoms with E-state index in [-0.39, 0.29) is 5.56 Å². The van der Waals surface area contributed by atoms with Gasteiger partial charge >= 0.3 is 0 Å². The highest BCUT2D eigenvalue weighted by molar-refractivity contribution is 6.11. The Kier molecular flexibility index (Phi) is 9.32. The van der Waals surface area contributed by atoms with Gasteiger partial charge in [0.15, 0.2) is 0 Å². The third-order valence-corrected chi connectivity index (χ3v) is 12.9. The zero-order chi connectivity index (χ0) is 44.3. The fraction of sp³-hybridized carbons (Fsp3) is 0.0339. The number of aromatic nitrogens is 4. The van der Waals surface area contributed by atoms with Gasteiger partial charge in [-0.2, -0.15) is 5.26 Å². The van der Waals surface area contributed by atoms with E-state index in [1.54, 1.807) is 0 Å². The highest BCUT2D eigenvalue weighted by Crippen LogP contribution is 2.45. The molecule has 0 amide bonds. The number of para-hydroxylation sites is 2. The van der Waals surface area contributed by atoms with Crippen molar-refractivity contribution >= 4 is 44.4 Å². The van der Waals surface area contributed by atoms with Crippen molar-refractivity contribution in [3.63, 3.8) is 0 Å². The Labute approximate surface area is 379 Å². The molecule has 1 aliphatic rings. The van der Waals surface area contributed by atoms with Gasteiger partial charge in [-0.3, -0.25) is 9.97 Å². The minimum atomic E-state index is -0.716. The molecule has 4 heterocycles. The summed E-state index contributed by atoms with van der Waals surface area (Å²) in [6.07, 6.45) is 7.45. The molecule has 4 aromatic heterocycles. The molecule has 312 valence electrons. The first-order valence-electron chi connectivity index (χ1n) is 22.0. The number of benzene rings is 7. The van der Waals surface area contributed by atoms with Crippen LogP contribution in [0.2, 0.25) is 0 Å². The van der Waals surface area contributed by atoms with Crippen molar-refractivity contribution in [3.05, 3.63) is 228 Å². The molecule has 0 aliphatic heterocycles. The molecule has 0 bridgehead atoms. The predicted molar refractivity (Wildman–Crippen MR) is 262 cm³/mol. The lowest BCUT2D eigenvalue weighted by molar-refractivity contribution is 0.584. The van der Waals surface area contributed by atoms with E-state index in [4.69, 9.17) is 9.97 Å². The number of halogens is 2. The first-order chi connectivity index (χ1) is 32.5. The van der Waals surface area contributed by atoms with Crippen LogP contribution in [-0.4, -0.2) is 19.1 Å². The van der Waals surface area contributed by atoms with Crippen LogP contribution in [0.4, 0.5) is 8.78 Å². The molecule has 0 fully saturated rings. The monoisotopic (exact) mass is 853 g/mol. The van der Waals surface area contributed by atoms with Gasteiger partial charge in [-0.05, 0) is 96.3 Å². The second-order valence-electron chi connectivity index (χ2n) is 16.7. The third-order valence-electron chi connectivity index (χ3n) is 12.9. The number of rotatable bonds is 7. The quantitative estimate of drug-likeness (QED) is 0.160. The smallest absolute Gasteiger partial charge is 0.126 e. The molecule has 7 heteroatoms. The Bertz CT molecular complexity index is 3780. The van der Waals surface area contributed by atoms with Crippen molar-refractivity contribution in [1.82, 2.24) is 19.1 Å². The molecular weight excluding hydrogens is 817 g/mol. The summed E-state index contributed by atoms with van der Waals surface area (Å²) in [5.41, 5.74) is 15.9. The van der Waals surface area contributed by atoms with Crippen LogP contribution in [-0.2, 0) is 6.42 Å². The molecule has 0 unspecified atom stereocenters. The van der Waals surface area contributed by atoms with Gasteiger partial charge in [0.25, 0.3) is 0 Å². The fourth-order valence-corrected chi connectivity index (χ4v) is 10.0. The number of fused-ring (bicyclic) bond motifs is 6. The first-order valence-corrected chi connectivity index (χ1v) is 22.0. The summed E-state index contributed by atoms with van der Waals surface area (Å²) in [4.78, 5) is 9.69. The van der Waals surface area contributed by atoms with Gasteiger partial charge < -0.3 is 9.13 Å². The molecule has 0 spiro atoms. The summed E-state index contributed by atoms with van der Waals surface area (Å²) in [7, 11) is 0. The van der Waals surface area contributed by atoms with Gasteiger partial charge in [-0.25, -0.2) is 8.78 Å². The maximum Gasteiger partial charge on any atom is 0.126 e. The van der Waals surface area contributed by atoms with Crippen LogP contribution in [0.3, 0.4) is 0 Å². The van der Waals surface area contributed by atoms with E-state index in [1.807, 2.05) is 91.3 Å². The average Bonchev–Trinajstić information content (AvgIpc) is 3.88. The lowest BCUT2D eigenvalue weighted by Crippen LogP contribution is -2.10.